The second-order valence-corrected chi connectivity index (χ2v) is 4.69. The van der Waals surface area contributed by atoms with E-state index in [1.807, 2.05) is 0 Å². The molecular formula is C11H10BrN3O3. The molecule has 7 heteroatoms. The number of hydrazone groups is 1. The Morgan fingerprint density at radius 2 is 2.22 bits per heavy atom. The highest BCUT2D eigenvalue weighted by atomic mass is 79.9. The number of carboxylic acids is 1. The number of aliphatic carboxylic acids is 1. The third-order valence-electron chi connectivity index (χ3n) is 2.45. The number of rotatable bonds is 3. The molecule has 94 valence electrons. The molecule has 0 atom stereocenters. The Labute approximate surface area is 111 Å². The van der Waals surface area contributed by atoms with E-state index >= 15 is 0 Å². The summed E-state index contributed by atoms with van der Waals surface area (Å²) in [5.41, 5.74) is 0.661. The van der Waals surface area contributed by atoms with Crippen LogP contribution < -0.4 is 0 Å². The SMILES string of the molecule is O=C(O)C1=NN(Cc2ccc(Br)cn2)C(=O)CC1. The predicted molar refractivity (Wildman–Crippen MR) is 66.8 cm³/mol. The highest BCUT2D eigenvalue weighted by Gasteiger charge is 2.24. The van der Waals surface area contributed by atoms with Gasteiger partial charge in [-0.2, -0.15) is 5.10 Å². The first-order valence-electron chi connectivity index (χ1n) is 5.28. The minimum atomic E-state index is -1.09. The van der Waals surface area contributed by atoms with E-state index in [-0.39, 0.29) is 31.0 Å². The number of aromatic nitrogens is 1. The second kappa shape index (κ2) is 5.26. The number of hydrogen-bond acceptors (Lipinski definition) is 4. The van der Waals surface area contributed by atoms with Crippen LogP contribution in [0.5, 0.6) is 0 Å². The third kappa shape index (κ3) is 2.92. The molecule has 0 aliphatic carbocycles. The van der Waals surface area contributed by atoms with Gasteiger partial charge in [0, 0.05) is 23.5 Å². The second-order valence-electron chi connectivity index (χ2n) is 3.77. The fraction of sp³-hybridized carbons (Fsp3) is 0.273. The molecule has 1 aliphatic rings. The van der Waals surface area contributed by atoms with Gasteiger partial charge in [-0.1, -0.05) is 0 Å². The molecule has 1 aliphatic heterocycles. The lowest BCUT2D eigenvalue weighted by atomic mass is 10.1. The van der Waals surface area contributed by atoms with Crippen LogP contribution in [0, 0.1) is 0 Å². The normalized spacial score (nSPS) is 15.5. The zero-order chi connectivity index (χ0) is 13.1. The molecule has 0 radical (unpaired) electrons. The quantitative estimate of drug-likeness (QED) is 0.914. The Kier molecular flexibility index (Phi) is 3.71. The van der Waals surface area contributed by atoms with Gasteiger partial charge in [0.05, 0.1) is 12.2 Å². The van der Waals surface area contributed by atoms with Gasteiger partial charge in [-0.3, -0.25) is 9.78 Å². The van der Waals surface area contributed by atoms with Crippen molar-refractivity contribution >= 4 is 33.5 Å². The zero-order valence-corrected chi connectivity index (χ0v) is 10.9. The summed E-state index contributed by atoms with van der Waals surface area (Å²) in [6, 6.07) is 3.56. The number of halogens is 1. The van der Waals surface area contributed by atoms with Crippen LogP contribution in [0.25, 0.3) is 0 Å². The maximum atomic E-state index is 11.6. The summed E-state index contributed by atoms with van der Waals surface area (Å²) >= 11 is 3.26. The number of amides is 1. The standard InChI is InChI=1S/C11H10BrN3O3/c12-7-1-2-8(13-5-7)6-15-10(16)4-3-9(14-15)11(17)18/h1-2,5H,3-4,6H2,(H,17,18). The fourth-order valence-electron chi connectivity index (χ4n) is 1.53. The van der Waals surface area contributed by atoms with E-state index in [0.29, 0.717) is 5.69 Å². The topological polar surface area (TPSA) is 82.9 Å². The van der Waals surface area contributed by atoms with Gasteiger partial charge >= 0.3 is 5.97 Å². The van der Waals surface area contributed by atoms with Gasteiger partial charge in [-0.15, -0.1) is 0 Å². The van der Waals surface area contributed by atoms with Crippen LogP contribution in [0.2, 0.25) is 0 Å². The maximum Gasteiger partial charge on any atom is 0.352 e. The van der Waals surface area contributed by atoms with Crippen molar-refractivity contribution in [1.29, 1.82) is 0 Å². The van der Waals surface area contributed by atoms with Crippen LogP contribution in [0.3, 0.4) is 0 Å². The average Bonchev–Trinajstić information content (AvgIpc) is 2.34. The average molecular weight is 312 g/mol. The van der Waals surface area contributed by atoms with Crippen LogP contribution in [0.15, 0.2) is 27.9 Å². The molecule has 1 amide bonds. The van der Waals surface area contributed by atoms with E-state index < -0.39 is 5.97 Å². The molecule has 0 saturated heterocycles. The maximum absolute atomic E-state index is 11.6. The number of hydrogen-bond donors (Lipinski definition) is 1. The molecule has 2 heterocycles. The summed E-state index contributed by atoms with van der Waals surface area (Å²) in [6.45, 7) is 0.183. The summed E-state index contributed by atoms with van der Waals surface area (Å²) in [5.74, 6) is -1.28. The summed E-state index contributed by atoms with van der Waals surface area (Å²) in [6.07, 6.45) is 1.96. The van der Waals surface area contributed by atoms with Crippen molar-refractivity contribution < 1.29 is 14.7 Å². The van der Waals surface area contributed by atoms with Crippen molar-refractivity contribution in [3.63, 3.8) is 0 Å². The van der Waals surface area contributed by atoms with Crippen LogP contribution in [0.1, 0.15) is 18.5 Å². The van der Waals surface area contributed by atoms with E-state index in [4.69, 9.17) is 5.11 Å². The van der Waals surface area contributed by atoms with Crippen molar-refractivity contribution in [2.24, 2.45) is 5.10 Å². The van der Waals surface area contributed by atoms with Gasteiger partial charge in [0.25, 0.3) is 0 Å². The smallest absolute Gasteiger partial charge is 0.352 e. The molecule has 18 heavy (non-hydrogen) atoms. The minimum Gasteiger partial charge on any atom is -0.477 e. The van der Waals surface area contributed by atoms with E-state index in [9.17, 15) is 9.59 Å². The van der Waals surface area contributed by atoms with Gasteiger partial charge in [-0.05, 0) is 28.1 Å². The molecule has 0 saturated carbocycles. The number of carbonyl (C=O) groups excluding carboxylic acids is 1. The summed E-state index contributed by atoms with van der Waals surface area (Å²) in [5, 5.41) is 13.8. The Balaban J connectivity index is 2.16. The Morgan fingerprint density at radius 1 is 1.44 bits per heavy atom. The first-order valence-corrected chi connectivity index (χ1v) is 6.07. The predicted octanol–water partition coefficient (Wildman–Crippen LogP) is 1.41. The largest absolute Gasteiger partial charge is 0.477 e. The molecule has 0 fully saturated rings. The van der Waals surface area contributed by atoms with Gasteiger partial charge in [0.15, 0.2) is 0 Å². The highest BCUT2D eigenvalue weighted by Crippen LogP contribution is 2.14. The van der Waals surface area contributed by atoms with E-state index in [2.05, 4.69) is 26.0 Å². The molecule has 0 aromatic carbocycles. The van der Waals surface area contributed by atoms with E-state index in [1.54, 1.807) is 18.3 Å². The summed E-state index contributed by atoms with van der Waals surface area (Å²) in [7, 11) is 0. The molecule has 1 N–H and O–H groups in total. The van der Waals surface area contributed by atoms with Gasteiger partial charge in [0.1, 0.15) is 5.71 Å². The van der Waals surface area contributed by atoms with Crippen molar-refractivity contribution in [2.75, 3.05) is 0 Å². The lowest BCUT2D eigenvalue weighted by Gasteiger charge is -2.21. The van der Waals surface area contributed by atoms with Crippen LogP contribution in [0.4, 0.5) is 0 Å². The Bertz CT molecular complexity index is 513. The summed E-state index contributed by atoms with van der Waals surface area (Å²) in [4.78, 5) is 26.6. The first-order chi connectivity index (χ1) is 8.56. The zero-order valence-electron chi connectivity index (χ0n) is 9.34. The lowest BCUT2D eigenvalue weighted by Crippen LogP contribution is -2.34. The Hall–Kier alpha value is -1.76. The van der Waals surface area contributed by atoms with Gasteiger partial charge in [0.2, 0.25) is 5.91 Å². The molecule has 1 aromatic heterocycles. The van der Waals surface area contributed by atoms with E-state index in [0.717, 1.165) is 9.48 Å². The van der Waals surface area contributed by atoms with Gasteiger partial charge < -0.3 is 5.11 Å². The van der Waals surface area contributed by atoms with E-state index in [1.165, 1.54) is 0 Å². The van der Waals surface area contributed by atoms with Crippen molar-refractivity contribution in [1.82, 2.24) is 9.99 Å². The fourth-order valence-corrected chi connectivity index (χ4v) is 1.77. The van der Waals surface area contributed by atoms with Crippen LogP contribution in [-0.4, -0.2) is 32.7 Å². The van der Waals surface area contributed by atoms with Crippen LogP contribution >= 0.6 is 15.9 Å². The Morgan fingerprint density at radius 3 is 2.83 bits per heavy atom. The molecule has 6 nitrogen and oxygen atoms in total. The molecular weight excluding hydrogens is 302 g/mol. The minimum absolute atomic E-state index is 0.00621. The molecule has 2 rings (SSSR count). The molecule has 1 aromatic rings. The number of nitrogens with zero attached hydrogens (tertiary/aromatic N) is 3. The molecule has 0 bridgehead atoms. The molecule has 0 unspecified atom stereocenters. The van der Waals surface area contributed by atoms with Crippen molar-refractivity contribution in [3.05, 3.63) is 28.5 Å². The van der Waals surface area contributed by atoms with Crippen molar-refractivity contribution in [2.45, 2.75) is 19.4 Å². The number of carboxylic acid groups (broad SMARTS) is 1. The first kappa shape index (κ1) is 12.7. The third-order valence-corrected chi connectivity index (χ3v) is 2.92. The van der Waals surface area contributed by atoms with Crippen LogP contribution in [-0.2, 0) is 16.1 Å². The lowest BCUT2D eigenvalue weighted by molar-refractivity contribution is -0.133. The molecule has 0 spiro atoms. The number of carbonyl (C=O) groups is 2. The van der Waals surface area contributed by atoms with Crippen molar-refractivity contribution in [3.8, 4) is 0 Å². The number of pyridine rings is 1. The van der Waals surface area contributed by atoms with Gasteiger partial charge in [-0.25, -0.2) is 9.80 Å². The highest BCUT2D eigenvalue weighted by molar-refractivity contribution is 9.10. The monoisotopic (exact) mass is 311 g/mol. The summed E-state index contributed by atoms with van der Waals surface area (Å²) < 4.78 is 0.839.